The standard InChI is InChI=1S/C18H28N2O/c1-13(2)8-5-6-11-20-17(19-15(4)18(20)21)16-10-7-9-14(3)12-16/h7,9-10,12-13,15,17,19H,5-6,8,11H2,1-4H3. The van der Waals surface area contributed by atoms with Crippen LogP contribution < -0.4 is 5.32 Å². The van der Waals surface area contributed by atoms with Crippen molar-refractivity contribution in [3.05, 3.63) is 35.4 Å². The largest absolute Gasteiger partial charge is 0.322 e. The van der Waals surface area contributed by atoms with Crippen LogP contribution in [0.25, 0.3) is 0 Å². The molecule has 0 spiro atoms. The number of rotatable bonds is 6. The summed E-state index contributed by atoms with van der Waals surface area (Å²) in [6.45, 7) is 9.40. The molecule has 1 aromatic carbocycles. The van der Waals surface area contributed by atoms with Crippen molar-refractivity contribution >= 4 is 5.91 Å². The van der Waals surface area contributed by atoms with Gasteiger partial charge in [0.1, 0.15) is 6.17 Å². The van der Waals surface area contributed by atoms with Gasteiger partial charge in [-0.05, 0) is 31.7 Å². The van der Waals surface area contributed by atoms with E-state index in [2.05, 4.69) is 50.4 Å². The van der Waals surface area contributed by atoms with Crippen molar-refractivity contribution < 1.29 is 4.79 Å². The number of amides is 1. The molecule has 1 fully saturated rings. The highest BCUT2D eigenvalue weighted by molar-refractivity contribution is 5.84. The number of unbranched alkanes of at least 4 members (excludes halogenated alkanes) is 1. The molecule has 0 bridgehead atoms. The van der Waals surface area contributed by atoms with E-state index in [1.807, 2.05) is 11.8 Å². The van der Waals surface area contributed by atoms with Crippen LogP contribution in [0.5, 0.6) is 0 Å². The monoisotopic (exact) mass is 288 g/mol. The van der Waals surface area contributed by atoms with Gasteiger partial charge in [0.15, 0.2) is 0 Å². The van der Waals surface area contributed by atoms with Gasteiger partial charge in [0.2, 0.25) is 5.91 Å². The first kappa shape index (κ1) is 16.0. The Bertz CT molecular complexity index is 484. The molecule has 1 heterocycles. The van der Waals surface area contributed by atoms with Gasteiger partial charge in [-0.15, -0.1) is 0 Å². The smallest absolute Gasteiger partial charge is 0.241 e. The molecule has 0 aliphatic carbocycles. The normalized spacial score (nSPS) is 22.3. The van der Waals surface area contributed by atoms with Gasteiger partial charge in [-0.25, -0.2) is 0 Å². The topological polar surface area (TPSA) is 32.3 Å². The Morgan fingerprint density at radius 2 is 2.05 bits per heavy atom. The lowest BCUT2D eigenvalue weighted by Gasteiger charge is -2.25. The van der Waals surface area contributed by atoms with E-state index in [0.29, 0.717) is 0 Å². The molecule has 1 aromatic rings. The number of carbonyl (C=O) groups is 1. The van der Waals surface area contributed by atoms with Crippen LogP contribution in [0.2, 0.25) is 0 Å². The van der Waals surface area contributed by atoms with Gasteiger partial charge in [0, 0.05) is 6.54 Å². The average Bonchev–Trinajstić information content (AvgIpc) is 2.71. The Balaban J connectivity index is 2.03. The predicted octanol–water partition coefficient (Wildman–Crippen LogP) is 3.64. The number of carbonyl (C=O) groups excluding carboxylic acids is 1. The fourth-order valence-corrected chi connectivity index (χ4v) is 2.96. The van der Waals surface area contributed by atoms with Crippen molar-refractivity contribution in [2.75, 3.05) is 6.54 Å². The number of hydrogen-bond donors (Lipinski definition) is 1. The highest BCUT2D eigenvalue weighted by Crippen LogP contribution is 2.26. The van der Waals surface area contributed by atoms with Gasteiger partial charge in [-0.3, -0.25) is 10.1 Å². The third-order valence-corrected chi connectivity index (χ3v) is 4.16. The molecule has 0 saturated carbocycles. The van der Waals surface area contributed by atoms with Crippen molar-refractivity contribution in [3.8, 4) is 0 Å². The van der Waals surface area contributed by atoms with Crippen LogP contribution in [0.4, 0.5) is 0 Å². The maximum absolute atomic E-state index is 12.4. The molecular weight excluding hydrogens is 260 g/mol. The fraction of sp³-hybridized carbons (Fsp3) is 0.611. The van der Waals surface area contributed by atoms with Crippen LogP contribution in [0, 0.1) is 12.8 Å². The van der Waals surface area contributed by atoms with Crippen molar-refractivity contribution in [2.45, 2.75) is 59.2 Å². The highest BCUT2D eigenvalue weighted by Gasteiger charge is 2.36. The molecule has 116 valence electrons. The summed E-state index contributed by atoms with van der Waals surface area (Å²) < 4.78 is 0. The lowest BCUT2D eigenvalue weighted by molar-refractivity contribution is -0.129. The number of nitrogens with one attached hydrogen (secondary N) is 1. The van der Waals surface area contributed by atoms with Crippen molar-refractivity contribution in [1.29, 1.82) is 0 Å². The van der Waals surface area contributed by atoms with Crippen LogP contribution in [-0.4, -0.2) is 23.4 Å². The summed E-state index contributed by atoms with van der Waals surface area (Å²) in [6.07, 6.45) is 3.54. The number of benzene rings is 1. The van der Waals surface area contributed by atoms with Gasteiger partial charge in [0.05, 0.1) is 6.04 Å². The van der Waals surface area contributed by atoms with E-state index in [0.717, 1.165) is 18.9 Å². The zero-order valence-corrected chi connectivity index (χ0v) is 13.7. The van der Waals surface area contributed by atoms with E-state index < -0.39 is 0 Å². The summed E-state index contributed by atoms with van der Waals surface area (Å²) in [6, 6.07) is 8.36. The third kappa shape index (κ3) is 4.07. The first-order chi connectivity index (χ1) is 9.99. The molecule has 1 aliphatic rings. The lowest BCUT2D eigenvalue weighted by Crippen LogP contribution is -2.31. The zero-order valence-electron chi connectivity index (χ0n) is 13.7. The van der Waals surface area contributed by atoms with Gasteiger partial charge >= 0.3 is 0 Å². The molecule has 0 radical (unpaired) electrons. The number of hydrogen-bond acceptors (Lipinski definition) is 2. The predicted molar refractivity (Wildman–Crippen MR) is 86.9 cm³/mol. The molecule has 1 amide bonds. The van der Waals surface area contributed by atoms with Crippen LogP contribution in [0.1, 0.15) is 57.3 Å². The molecule has 2 rings (SSSR count). The Kier molecular flexibility index (Phi) is 5.40. The Labute approximate surface area is 128 Å². The van der Waals surface area contributed by atoms with E-state index in [1.54, 1.807) is 0 Å². The van der Waals surface area contributed by atoms with E-state index in [4.69, 9.17) is 0 Å². The number of aryl methyl sites for hydroxylation is 1. The quantitative estimate of drug-likeness (QED) is 0.811. The zero-order chi connectivity index (χ0) is 15.4. The molecule has 2 atom stereocenters. The van der Waals surface area contributed by atoms with E-state index >= 15 is 0 Å². The Morgan fingerprint density at radius 3 is 2.71 bits per heavy atom. The molecular formula is C18H28N2O. The van der Waals surface area contributed by atoms with E-state index in [-0.39, 0.29) is 18.1 Å². The number of nitrogens with zero attached hydrogens (tertiary/aromatic N) is 1. The van der Waals surface area contributed by atoms with E-state index in [1.165, 1.54) is 24.0 Å². The summed E-state index contributed by atoms with van der Waals surface area (Å²) >= 11 is 0. The second kappa shape index (κ2) is 7.08. The third-order valence-electron chi connectivity index (χ3n) is 4.16. The summed E-state index contributed by atoms with van der Waals surface area (Å²) in [4.78, 5) is 14.4. The molecule has 1 aliphatic heterocycles. The van der Waals surface area contributed by atoms with Gasteiger partial charge in [0.25, 0.3) is 0 Å². The maximum Gasteiger partial charge on any atom is 0.241 e. The lowest BCUT2D eigenvalue weighted by atomic mass is 10.1. The molecule has 1 N–H and O–H groups in total. The minimum Gasteiger partial charge on any atom is -0.322 e. The van der Waals surface area contributed by atoms with Gasteiger partial charge in [-0.2, -0.15) is 0 Å². The van der Waals surface area contributed by atoms with Crippen molar-refractivity contribution in [2.24, 2.45) is 5.92 Å². The SMILES string of the molecule is Cc1cccc(C2NC(C)C(=O)N2CCCCC(C)C)c1. The molecule has 2 unspecified atom stereocenters. The molecule has 0 aromatic heterocycles. The highest BCUT2D eigenvalue weighted by atomic mass is 16.2. The second-order valence-corrected chi connectivity index (χ2v) is 6.63. The average molecular weight is 288 g/mol. The first-order valence-electron chi connectivity index (χ1n) is 8.12. The van der Waals surface area contributed by atoms with Crippen LogP contribution in [0.15, 0.2) is 24.3 Å². The molecule has 1 saturated heterocycles. The molecule has 3 heteroatoms. The van der Waals surface area contributed by atoms with Gasteiger partial charge < -0.3 is 4.90 Å². The summed E-state index contributed by atoms with van der Waals surface area (Å²) in [5, 5.41) is 3.42. The van der Waals surface area contributed by atoms with Crippen LogP contribution in [0.3, 0.4) is 0 Å². The summed E-state index contributed by atoms with van der Waals surface area (Å²) in [7, 11) is 0. The van der Waals surface area contributed by atoms with Crippen molar-refractivity contribution in [1.82, 2.24) is 10.2 Å². The second-order valence-electron chi connectivity index (χ2n) is 6.63. The fourth-order valence-electron chi connectivity index (χ4n) is 2.96. The molecule has 3 nitrogen and oxygen atoms in total. The summed E-state index contributed by atoms with van der Waals surface area (Å²) in [5.41, 5.74) is 2.43. The van der Waals surface area contributed by atoms with Crippen LogP contribution >= 0.6 is 0 Å². The Hall–Kier alpha value is -1.35. The van der Waals surface area contributed by atoms with E-state index in [9.17, 15) is 4.79 Å². The minimum absolute atomic E-state index is 0.0337. The Morgan fingerprint density at radius 1 is 1.29 bits per heavy atom. The van der Waals surface area contributed by atoms with Crippen molar-refractivity contribution in [3.63, 3.8) is 0 Å². The van der Waals surface area contributed by atoms with Crippen LogP contribution in [-0.2, 0) is 4.79 Å². The summed E-state index contributed by atoms with van der Waals surface area (Å²) in [5.74, 6) is 0.968. The minimum atomic E-state index is -0.0828. The molecule has 21 heavy (non-hydrogen) atoms. The first-order valence-corrected chi connectivity index (χ1v) is 8.12. The van der Waals surface area contributed by atoms with Gasteiger partial charge in [-0.1, -0.05) is 56.5 Å². The maximum atomic E-state index is 12.4.